The van der Waals surface area contributed by atoms with E-state index in [1.54, 1.807) is 18.2 Å². The van der Waals surface area contributed by atoms with Crippen LogP contribution in [0.25, 0.3) is 0 Å². The van der Waals surface area contributed by atoms with Gasteiger partial charge in [-0.05, 0) is 17.2 Å². The summed E-state index contributed by atoms with van der Waals surface area (Å²) in [4.78, 5) is 13.0. The van der Waals surface area contributed by atoms with Gasteiger partial charge in [0.25, 0.3) is 0 Å². The minimum absolute atomic E-state index is 0.0590. The predicted molar refractivity (Wildman–Crippen MR) is 99.6 cm³/mol. The number of para-hydroxylation sites is 1. The molecule has 5 heteroatoms. The number of halogens is 2. The van der Waals surface area contributed by atoms with Gasteiger partial charge in [0.05, 0.1) is 5.92 Å². The minimum Gasteiger partial charge on any atom is -0.434 e. The highest BCUT2D eigenvalue weighted by Gasteiger charge is 2.22. The first-order valence-corrected chi connectivity index (χ1v) is 8.55. The number of hydrogen-bond acceptors (Lipinski definition) is 2. The second kappa shape index (κ2) is 8.94. The molecule has 0 atom stereocenters. The summed E-state index contributed by atoms with van der Waals surface area (Å²) in [5, 5.41) is 2.85. The van der Waals surface area contributed by atoms with Gasteiger partial charge in [0.2, 0.25) is 5.91 Å². The Balaban J connectivity index is 1.80. The Morgan fingerprint density at radius 3 is 1.89 bits per heavy atom. The molecule has 0 aliphatic carbocycles. The average molecular weight is 367 g/mol. The second-order valence-corrected chi connectivity index (χ2v) is 5.96. The zero-order chi connectivity index (χ0) is 19.1. The smallest absolute Gasteiger partial charge is 0.387 e. The van der Waals surface area contributed by atoms with Crippen LogP contribution in [0.15, 0.2) is 84.9 Å². The Morgan fingerprint density at radius 1 is 0.815 bits per heavy atom. The van der Waals surface area contributed by atoms with Gasteiger partial charge in [0.1, 0.15) is 5.75 Å². The van der Waals surface area contributed by atoms with Crippen molar-refractivity contribution in [3.8, 4) is 5.75 Å². The molecule has 0 radical (unpaired) electrons. The topological polar surface area (TPSA) is 38.3 Å². The van der Waals surface area contributed by atoms with Crippen molar-refractivity contribution < 1.29 is 18.3 Å². The van der Waals surface area contributed by atoms with E-state index in [4.69, 9.17) is 0 Å². The highest BCUT2D eigenvalue weighted by molar-refractivity contribution is 5.87. The summed E-state index contributed by atoms with van der Waals surface area (Å²) >= 11 is 0. The van der Waals surface area contributed by atoms with E-state index in [1.165, 1.54) is 6.07 Å². The SMILES string of the molecule is O=C(NCc1ccccc1OC(F)F)C(c1ccccc1)c1ccccc1. The standard InChI is InChI=1S/C22H19F2NO2/c23-22(24)27-19-14-8-7-13-18(19)15-25-21(26)20(16-9-3-1-4-10-16)17-11-5-2-6-12-17/h1-14,20,22H,15H2,(H,25,26). The molecule has 1 amide bonds. The predicted octanol–water partition coefficient (Wildman–Crippen LogP) is 4.74. The Hall–Kier alpha value is -3.21. The van der Waals surface area contributed by atoms with E-state index in [0.29, 0.717) is 5.56 Å². The van der Waals surface area contributed by atoms with Gasteiger partial charge >= 0.3 is 6.61 Å². The van der Waals surface area contributed by atoms with Gasteiger partial charge in [0, 0.05) is 12.1 Å². The largest absolute Gasteiger partial charge is 0.434 e. The highest BCUT2D eigenvalue weighted by Crippen LogP contribution is 2.25. The van der Waals surface area contributed by atoms with Crippen LogP contribution in [0.3, 0.4) is 0 Å². The highest BCUT2D eigenvalue weighted by atomic mass is 19.3. The fourth-order valence-electron chi connectivity index (χ4n) is 2.93. The quantitative estimate of drug-likeness (QED) is 0.655. The first-order valence-electron chi connectivity index (χ1n) is 8.55. The molecule has 0 saturated carbocycles. The molecule has 0 spiro atoms. The molecule has 0 heterocycles. The normalized spacial score (nSPS) is 10.8. The van der Waals surface area contributed by atoms with Crippen LogP contribution >= 0.6 is 0 Å². The van der Waals surface area contributed by atoms with Crippen LogP contribution in [0.4, 0.5) is 8.78 Å². The van der Waals surface area contributed by atoms with Crippen LogP contribution in [0.5, 0.6) is 5.75 Å². The Bertz CT molecular complexity index is 830. The lowest BCUT2D eigenvalue weighted by molar-refractivity contribution is -0.121. The van der Waals surface area contributed by atoms with Gasteiger partial charge in [-0.2, -0.15) is 8.78 Å². The third kappa shape index (κ3) is 4.91. The minimum atomic E-state index is -2.91. The first kappa shape index (κ1) is 18.6. The molecular weight excluding hydrogens is 348 g/mol. The Labute approximate surface area is 156 Å². The molecule has 3 nitrogen and oxygen atoms in total. The van der Waals surface area contributed by atoms with Crippen LogP contribution < -0.4 is 10.1 Å². The van der Waals surface area contributed by atoms with Crippen molar-refractivity contribution in [2.45, 2.75) is 19.1 Å². The number of carbonyl (C=O) groups excluding carboxylic acids is 1. The molecule has 3 aromatic rings. The molecule has 1 N–H and O–H groups in total. The van der Waals surface area contributed by atoms with Gasteiger partial charge in [-0.1, -0.05) is 78.9 Å². The molecule has 138 valence electrons. The van der Waals surface area contributed by atoms with Crippen molar-refractivity contribution in [2.75, 3.05) is 0 Å². The summed E-state index contributed by atoms with van der Waals surface area (Å²) in [7, 11) is 0. The number of alkyl halides is 2. The Morgan fingerprint density at radius 2 is 1.33 bits per heavy atom. The van der Waals surface area contributed by atoms with Gasteiger partial charge in [0.15, 0.2) is 0 Å². The molecule has 0 bridgehead atoms. The van der Waals surface area contributed by atoms with E-state index in [9.17, 15) is 13.6 Å². The van der Waals surface area contributed by atoms with Gasteiger partial charge in [-0.25, -0.2) is 0 Å². The Kier molecular flexibility index (Phi) is 6.15. The third-order valence-corrected chi connectivity index (χ3v) is 4.17. The zero-order valence-electron chi connectivity index (χ0n) is 14.5. The number of carbonyl (C=O) groups is 1. The van der Waals surface area contributed by atoms with Gasteiger partial charge in [-0.15, -0.1) is 0 Å². The van der Waals surface area contributed by atoms with E-state index < -0.39 is 12.5 Å². The number of nitrogens with one attached hydrogen (secondary N) is 1. The average Bonchev–Trinajstić information content (AvgIpc) is 2.69. The summed E-state index contributed by atoms with van der Waals surface area (Å²) in [6, 6.07) is 25.3. The zero-order valence-corrected chi connectivity index (χ0v) is 14.5. The number of amides is 1. The summed E-state index contributed by atoms with van der Waals surface area (Å²) in [6.07, 6.45) is 0. The molecule has 3 aromatic carbocycles. The molecule has 3 rings (SSSR count). The molecule has 0 aliphatic heterocycles. The lowest BCUT2D eigenvalue weighted by Gasteiger charge is -2.18. The molecule has 0 unspecified atom stereocenters. The van der Waals surface area contributed by atoms with Crippen LogP contribution in [0.1, 0.15) is 22.6 Å². The summed E-state index contributed by atoms with van der Waals surface area (Å²) in [6.45, 7) is -2.82. The van der Waals surface area contributed by atoms with Crippen molar-refractivity contribution >= 4 is 5.91 Å². The van der Waals surface area contributed by atoms with Crippen molar-refractivity contribution in [1.29, 1.82) is 0 Å². The molecule has 0 aliphatic rings. The maximum atomic E-state index is 13.0. The summed E-state index contributed by atoms with van der Waals surface area (Å²) < 4.78 is 29.6. The molecule has 0 saturated heterocycles. The van der Waals surface area contributed by atoms with Crippen LogP contribution in [0, 0.1) is 0 Å². The van der Waals surface area contributed by atoms with E-state index >= 15 is 0 Å². The monoisotopic (exact) mass is 367 g/mol. The number of ether oxygens (including phenoxy) is 1. The van der Waals surface area contributed by atoms with Crippen LogP contribution in [0.2, 0.25) is 0 Å². The lowest BCUT2D eigenvalue weighted by Crippen LogP contribution is -2.29. The number of hydrogen-bond donors (Lipinski definition) is 1. The maximum Gasteiger partial charge on any atom is 0.387 e. The molecular formula is C22H19F2NO2. The van der Waals surface area contributed by atoms with Crippen molar-refractivity contribution in [2.24, 2.45) is 0 Å². The molecule has 0 aromatic heterocycles. The fourth-order valence-corrected chi connectivity index (χ4v) is 2.93. The van der Waals surface area contributed by atoms with Gasteiger partial charge < -0.3 is 10.1 Å². The summed E-state index contributed by atoms with van der Waals surface area (Å²) in [5.74, 6) is -0.640. The third-order valence-electron chi connectivity index (χ3n) is 4.17. The van der Waals surface area contributed by atoms with Crippen LogP contribution in [-0.4, -0.2) is 12.5 Å². The second-order valence-electron chi connectivity index (χ2n) is 5.96. The van der Waals surface area contributed by atoms with Crippen molar-refractivity contribution in [3.05, 3.63) is 102 Å². The number of benzene rings is 3. The maximum absolute atomic E-state index is 13.0. The summed E-state index contributed by atoms with van der Waals surface area (Å²) in [5.41, 5.74) is 2.21. The first-order chi connectivity index (χ1) is 13.1. The number of rotatable bonds is 7. The van der Waals surface area contributed by atoms with E-state index in [-0.39, 0.29) is 18.2 Å². The van der Waals surface area contributed by atoms with E-state index in [0.717, 1.165) is 11.1 Å². The van der Waals surface area contributed by atoms with Crippen LogP contribution in [-0.2, 0) is 11.3 Å². The van der Waals surface area contributed by atoms with Crippen molar-refractivity contribution in [3.63, 3.8) is 0 Å². The van der Waals surface area contributed by atoms with E-state index in [2.05, 4.69) is 10.1 Å². The molecule has 27 heavy (non-hydrogen) atoms. The fraction of sp³-hybridized carbons (Fsp3) is 0.136. The van der Waals surface area contributed by atoms with Gasteiger partial charge in [-0.3, -0.25) is 4.79 Å². The molecule has 0 fully saturated rings. The van der Waals surface area contributed by atoms with E-state index in [1.807, 2.05) is 60.7 Å². The van der Waals surface area contributed by atoms with Crippen molar-refractivity contribution in [1.82, 2.24) is 5.32 Å². The lowest BCUT2D eigenvalue weighted by atomic mass is 9.90.